The molecule has 0 unspecified atom stereocenters. The summed E-state index contributed by atoms with van der Waals surface area (Å²) in [5.74, 6) is -0.595. The Morgan fingerprint density at radius 3 is 2.26 bits per heavy atom. The Hall–Kier alpha value is -6.63. The number of benzene rings is 4. The number of nitrogens with one attached hydrogen (secondary N) is 4. The van der Waals surface area contributed by atoms with Gasteiger partial charge < -0.3 is 44.7 Å². The first-order valence-electron chi connectivity index (χ1n) is 24.9. The molecule has 0 radical (unpaired) electrons. The molecule has 3 heterocycles. The lowest BCUT2D eigenvalue weighted by molar-refractivity contribution is -0.132. The number of anilines is 2. The van der Waals surface area contributed by atoms with Gasteiger partial charge in [-0.05, 0) is 100 Å². The number of carbonyl (C=O) groups excluding carboxylic acids is 6. The van der Waals surface area contributed by atoms with Crippen LogP contribution in [0.2, 0.25) is 0 Å². The van der Waals surface area contributed by atoms with E-state index in [0.29, 0.717) is 98.1 Å². The van der Waals surface area contributed by atoms with Crippen LogP contribution in [0, 0.1) is 5.41 Å². The number of piperazine rings is 1. The molecule has 4 N–H and O–H groups in total. The predicted molar refractivity (Wildman–Crippen MR) is 289 cm³/mol. The fourth-order valence-corrected chi connectivity index (χ4v) is 9.51. The summed E-state index contributed by atoms with van der Waals surface area (Å²) in [7, 11) is 2.03. The Bertz CT molecular complexity index is 2890. The molecule has 5 aromatic rings. The van der Waals surface area contributed by atoms with E-state index in [2.05, 4.69) is 47.0 Å². The van der Waals surface area contributed by atoms with Crippen molar-refractivity contribution in [2.24, 2.45) is 10.5 Å². The number of ether oxygens (including phenoxy) is 2. The molecule has 73 heavy (non-hydrogen) atoms. The van der Waals surface area contributed by atoms with Crippen LogP contribution in [0.4, 0.5) is 16.2 Å². The maximum absolute atomic E-state index is 14.4. The summed E-state index contributed by atoms with van der Waals surface area (Å²) in [6, 6.07) is 23.8. The number of carbonyl (C=O) groups is 6. The molecule has 1 fully saturated rings. The second-order valence-corrected chi connectivity index (χ2v) is 20.8. The second-order valence-electron chi connectivity index (χ2n) is 20.1. The minimum absolute atomic E-state index is 0.00246. The van der Waals surface area contributed by atoms with Gasteiger partial charge in [-0.3, -0.25) is 24.0 Å². The first-order valence-corrected chi connectivity index (χ1v) is 26.0. The lowest BCUT2D eigenvalue weighted by Gasteiger charge is -2.31. The molecule has 0 saturated carbocycles. The molecule has 4 aromatic carbocycles. The minimum Gasteiger partial charge on any atom is -0.409 e. The summed E-state index contributed by atoms with van der Waals surface area (Å²) in [5.41, 5.74) is 6.41. The number of hydrogen-bond donors (Lipinski definition) is 4. The van der Waals surface area contributed by atoms with Gasteiger partial charge in [-0.15, -0.1) is 0 Å². The molecule has 6 amide bonds. The lowest BCUT2D eigenvalue weighted by atomic mass is 9.89. The summed E-state index contributed by atoms with van der Waals surface area (Å²) in [6.07, 6.45) is 0.834. The van der Waals surface area contributed by atoms with Crippen molar-refractivity contribution < 1.29 is 38.2 Å². The third-order valence-corrected chi connectivity index (χ3v) is 14.6. The second kappa shape index (κ2) is 23.5. The molecule has 17 nitrogen and oxygen atoms in total. The molecule has 1 atom stereocenters. The average molecular weight is 1060 g/mol. The number of H-pyrrole nitrogens is 1. The van der Waals surface area contributed by atoms with Gasteiger partial charge in [0.15, 0.2) is 0 Å². The van der Waals surface area contributed by atoms with Gasteiger partial charge >= 0.3 is 6.09 Å². The summed E-state index contributed by atoms with van der Waals surface area (Å²) < 4.78 is 12.2. The summed E-state index contributed by atoms with van der Waals surface area (Å²) in [5, 5.41) is 13.3. The normalized spacial score (nSPS) is 15.3. The van der Waals surface area contributed by atoms with E-state index in [0.717, 1.165) is 45.9 Å². The predicted octanol–water partition coefficient (Wildman–Crippen LogP) is 8.28. The molecule has 2 aliphatic rings. The number of likely N-dealkylation sites (N-methyl/N-ethyl adjacent to an activating group) is 1. The van der Waals surface area contributed by atoms with Crippen molar-refractivity contribution in [1.82, 2.24) is 30.4 Å². The summed E-state index contributed by atoms with van der Waals surface area (Å²) >= 11 is 3.69. The molecule has 0 spiro atoms. The standard InChI is InChI=1S/C55H68BrN9O8/c1-9-63(36(3)66)24-20-48(67)57-23-21-55(6,7)72-29-22-54(4,5)52(70)61-60-35(2)37-14-16-38(17-15-37)50(68)58-41-18-19-44-39(30-41)31-45(59-44)51(69)65-34-40(33-56)49-43-13-11-10-12-42(43)47(32-46(49)65)73-53(71)64-27-25-62(8)26-28-64/h10-19,30-32,40,59H,9,20-29,33-34H2,1-8H3,(H,57,67)(H,58,68)(H,61,70)/b60-35+/t40-/m1/s1. The summed E-state index contributed by atoms with van der Waals surface area (Å²) in [6.45, 7) is 17.5. The van der Waals surface area contributed by atoms with E-state index in [1.807, 2.05) is 84.1 Å². The van der Waals surface area contributed by atoms with Crippen molar-refractivity contribution in [1.29, 1.82) is 0 Å². The molecule has 7 rings (SSSR count). The zero-order chi connectivity index (χ0) is 52.6. The Kier molecular flexibility index (Phi) is 17.4. The van der Waals surface area contributed by atoms with E-state index in [1.54, 1.807) is 58.0 Å². The maximum atomic E-state index is 14.4. The van der Waals surface area contributed by atoms with Crippen LogP contribution in [0.1, 0.15) is 106 Å². The topological polar surface area (TPSA) is 198 Å². The molecule has 0 bridgehead atoms. The number of hydrazone groups is 1. The zero-order valence-corrected chi connectivity index (χ0v) is 44.7. The Morgan fingerprint density at radius 1 is 0.877 bits per heavy atom. The fourth-order valence-electron chi connectivity index (χ4n) is 8.99. The smallest absolute Gasteiger partial charge is 0.409 e. The lowest BCUT2D eigenvalue weighted by Crippen LogP contribution is -2.48. The number of aromatic amines is 1. The number of rotatable bonds is 19. The van der Waals surface area contributed by atoms with E-state index in [9.17, 15) is 28.8 Å². The molecule has 1 saturated heterocycles. The van der Waals surface area contributed by atoms with E-state index < -0.39 is 17.1 Å². The number of halogens is 1. The number of hydrogen-bond acceptors (Lipinski definition) is 10. The first-order chi connectivity index (χ1) is 34.8. The van der Waals surface area contributed by atoms with Gasteiger partial charge in [0, 0.05) is 123 Å². The van der Waals surface area contributed by atoms with Gasteiger partial charge in [-0.25, -0.2) is 10.2 Å². The summed E-state index contributed by atoms with van der Waals surface area (Å²) in [4.78, 5) is 88.9. The molecular weight excluding hydrogens is 995 g/mol. The van der Waals surface area contributed by atoms with Gasteiger partial charge in [0.05, 0.1) is 17.0 Å². The van der Waals surface area contributed by atoms with Crippen molar-refractivity contribution in [3.05, 3.63) is 101 Å². The number of alkyl halides is 1. The Labute approximate surface area is 435 Å². The van der Waals surface area contributed by atoms with Crippen LogP contribution >= 0.6 is 15.9 Å². The maximum Gasteiger partial charge on any atom is 0.415 e. The van der Waals surface area contributed by atoms with Crippen LogP contribution < -0.4 is 25.7 Å². The molecule has 1 aromatic heterocycles. The molecule has 2 aliphatic heterocycles. The highest BCUT2D eigenvalue weighted by Gasteiger charge is 2.36. The first kappa shape index (κ1) is 54.2. The SMILES string of the molecule is CCN(CCC(=O)NCCC(C)(C)OCCC(C)(C)C(=O)N/N=C(\C)c1ccc(C(=O)Nc2ccc3[nH]c(C(=O)N4C[C@@H](CBr)c5c4cc(OC(=O)N4CCN(C)CC4)c4ccccc54)cc3c2)cc1)C(C)=O. The number of nitrogens with zero attached hydrogens (tertiary/aromatic N) is 5. The van der Waals surface area contributed by atoms with E-state index in [1.165, 1.54) is 6.92 Å². The van der Waals surface area contributed by atoms with Crippen LogP contribution in [0.5, 0.6) is 5.75 Å². The van der Waals surface area contributed by atoms with Gasteiger partial charge in [-0.1, -0.05) is 66.2 Å². The zero-order valence-electron chi connectivity index (χ0n) is 43.2. The third-order valence-electron chi connectivity index (χ3n) is 13.8. The van der Waals surface area contributed by atoms with Crippen LogP contribution in [0.25, 0.3) is 21.7 Å². The fraction of sp³-hybridized carbons (Fsp3) is 0.436. The molecule has 0 aliphatic carbocycles. The highest BCUT2D eigenvalue weighted by molar-refractivity contribution is 9.09. The van der Waals surface area contributed by atoms with E-state index in [4.69, 9.17) is 9.47 Å². The van der Waals surface area contributed by atoms with Crippen LogP contribution in [0.15, 0.2) is 84.0 Å². The van der Waals surface area contributed by atoms with Gasteiger partial charge in [0.25, 0.3) is 11.8 Å². The molecule has 18 heteroatoms. The minimum atomic E-state index is -0.792. The molecule has 388 valence electrons. The number of fused-ring (bicyclic) bond motifs is 4. The van der Waals surface area contributed by atoms with Crippen LogP contribution in [-0.4, -0.2) is 138 Å². The van der Waals surface area contributed by atoms with E-state index >= 15 is 0 Å². The van der Waals surface area contributed by atoms with Gasteiger partial charge in [0.2, 0.25) is 17.7 Å². The number of aromatic nitrogens is 1. The average Bonchev–Trinajstić information content (AvgIpc) is 3.97. The van der Waals surface area contributed by atoms with Gasteiger partial charge in [0.1, 0.15) is 11.4 Å². The largest absolute Gasteiger partial charge is 0.415 e. The van der Waals surface area contributed by atoms with Crippen molar-refractivity contribution >= 4 is 90.3 Å². The highest BCUT2D eigenvalue weighted by atomic mass is 79.9. The van der Waals surface area contributed by atoms with Crippen molar-refractivity contribution in [2.75, 3.05) is 81.6 Å². The van der Waals surface area contributed by atoms with Crippen molar-refractivity contribution in [3.8, 4) is 5.75 Å². The van der Waals surface area contributed by atoms with E-state index in [-0.39, 0.29) is 41.9 Å². The molecular formula is C55H68BrN9O8. The Morgan fingerprint density at radius 2 is 1.58 bits per heavy atom. The van der Waals surface area contributed by atoms with Crippen LogP contribution in [-0.2, 0) is 19.1 Å². The van der Waals surface area contributed by atoms with Crippen molar-refractivity contribution in [2.45, 2.75) is 79.2 Å². The van der Waals surface area contributed by atoms with Gasteiger partial charge in [-0.2, -0.15) is 5.10 Å². The third kappa shape index (κ3) is 13.3. The monoisotopic (exact) mass is 1060 g/mol. The Balaban J connectivity index is 0.922. The highest BCUT2D eigenvalue weighted by Crippen LogP contribution is 2.46. The van der Waals surface area contributed by atoms with Crippen molar-refractivity contribution in [3.63, 3.8) is 0 Å². The quantitative estimate of drug-likeness (QED) is 0.0357. The van der Waals surface area contributed by atoms with Crippen LogP contribution in [0.3, 0.4) is 0 Å². The number of amides is 6.